The Morgan fingerprint density at radius 3 is 1.55 bits per heavy atom. The van der Waals surface area contributed by atoms with Gasteiger partial charge in [0.15, 0.2) is 17.3 Å². The van der Waals surface area contributed by atoms with Gasteiger partial charge in [-0.05, 0) is 84.4 Å². The minimum atomic E-state index is -1.33. The number of nitrogens with zero attached hydrogens (tertiary/aromatic N) is 1. The van der Waals surface area contributed by atoms with Gasteiger partial charge in [-0.2, -0.15) is 0 Å². The molecule has 6 nitrogen and oxygen atoms in total. The quantitative estimate of drug-likeness (QED) is 0.216. The van der Waals surface area contributed by atoms with Crippen molar-refractivity contribution in [3.05, 3.63) is 102 Å². The Labute approximate surface area is 297 Å². The molecule has 0 bridgehead atoms. The molecule has 1 aliphatic carbocycles. The number of ketones is 3. The van der Waals surface area contributed by atoms with E-state index in [0.717, 1.165) is 36.1 Å². The molecule has 1 saturated carbocycles. The van der Waals surface area contributed by atoms with Gasteiger partial charge in [-0.25, -0.2) is 0 Å². The van der Waals surface area contributed by atoms with Crippen LogP contribution >= 0.6 is 0 Å². The zero-order valence-electron chi connectivity index (χ0n) is 32.0. The molecule has 0 unspecified atom stereocenters. The van der Waals surface area contributed by atoms with Gasteiger partial charge in [0.25, 0.3) is 0 Å². The maximum atomic E-state index is 12.3. The summed E-state index contributed by atoms with van der Waals surface area (Å²) in [5.74, 6) is 0.995. The number of Topliss-reactive ketones (excluding diaryl/α,β-unsaturated/α-hetero) is 3. The number of aliphatic hydroxyl groups is 1. The van der Waals surface area contributed by atoms with Gasteiger partial charge >= 0.3 is 0 Å². The van der Waals surface area contributed by atoms with Crippen LogP contribution in [0, 0.1) is 10.8 Å². The van der Waals surface area contributed by atoms with E-state index in [0.29, 0.717) is 18.0 Å². The first-order valence-corrected chi connectivity index (χ1v) is 17.8. The van der Waals surface area contributed by atoms with Crippen LogP contribution in [0.2, 0.25) is 0 Å². The lowest BCUT2D eigenvalue weighted by atomic mass is 9.71. The number of rotatable bonds is 10. The van der Waals surface area contributed by atoms with Gasteiger partial charge < -0.3 is 14.7 Å². The second-order valence-electron chi connectivity index (χ2n) is 14.8. The van der Waals surface area contributed by atoms with Gasteiger partial charge in [-0.1, -0.05) is 121 Å². The fourth-order valence-corrected chi connectivity index (χ4v) is 5.24. The maximum Gasteiger partial charge on any atom is 0.193 e. The van der Waals surface area contributed by atoms with E-state index in [-0.39, 0.29) is 22.4 Å². The first-order valence-electron chi connectivity index (χ1n) is 17.8. The molecule has 1 fully saturated rings. The van der Waals surface area contributed by atoms with Crippen molar-refractivity contribution in [1.29, 1.82) is 0 Å². The molecule has 0 amide bonds. The highest BCUT2D eigenvalue weighted by Crippen LogP contribution is 2.38. The predicted octanol–water partition coefficient (Wildman–Crippen LogP) is 10.1. The van der Waals surface area contributed by atoms with Crippen molar-refractivity contribution < 1.29 is 24.2 Å². The summed E-state index contributed by atoms with van der Waals surface area (Å²) in [5, 5.41) is 9.57. The Balaban J connectivity index is 0.000000342. The van der Waals surface area contributed by atoms with E-state index in [1.54, 1.807) is 24.3 Å². The first-order chi connectivity index (χ1) is 23.0. The topological polar surface area (TPSA) is 83.9 Å². The minimum Gasteiger partial charge on any atom is -0.494 e. The van der Waals surface area contributed by atoms with E-state index < -0.39 is 5.60 Å². The van der Waals surface area contributed by atoms with Crippen molar-refractivity contribution in [2.45, 2.75) is 106 Å². The number of carbonyl (C=O) groups excluding carboxylic acids is 3. The van der Waals surface area contributed by atoms with Gasteiger partial charge in [0, 0.05) is 27.5 Å². The molecule has 1 aliphatic rings. The maximum absolute atomic E-state index is 12.3. The summed E-state index contributed by atoms with van der Waals surface area (Å²) in [5.41, 5.74) is 0.468. The van der Waals surface area contributed by atoms with Crippen molar-refractivity contribution in [2.75, 3.05) is 27.2 Å². The van der Waals surface area contributed by atoms with Gasteiger partial charge in [0.2, 0.25) is 0 Å². The molecule has 0 aromatic heterocycles. The van der Waals surface area contributed by atoms with Crippen LogP contribution in [0.4, 0.5) is 0 Å². The average molecular weight is 674 g/mol. The molecule has 0 atom stereocenters. The monoisotopic (exact) mass is 673 g/mol. The third kappa shape index (κ3) is 16.6. The second-order valence-corrected chi connectivity index (χ2v) is 14.8. The third-order valence-electron chi connectivity index (χ3n) is 8.07. The highest BCUT2D eigenvalue weighted by atomic mass is 16.5. The summed E-state index contributed by atoms with van der Waals surface area (Å²) in [4.78, 5) is 37.9. The van der Waals surface area contributed by atoms with E-state index in [4.69, 9.17) is 4.74 Å². The van der Waals surface area contributed by atoms with E-state index >= 15 is 0 Å². The summed E-state index contributed by atoms with van der Waals surface area (Å²) in [6.07, 6.45) is 8.01. The van der Waals surface area contributed by atoms with Gasteiger partial charge in [-0.3, -0.25) is 14.4 Å². The SMILES string of the molecule is CC(C)(C)C(=O)c1ccccc1.CC1(C(=O)c2ccccc2)CCCCC1.CCCN(C)C.CCCOc1ccc(C(=O)C(C)(C)O)cc1. The van der Waals surface area contributed by atoms with Crippen molar-refractivity contribution in [3.8, 4) is 5.75 Å². The molecule has 49 heavy (non-hydrogen) atoms. The molecule has 3 aromatic rings. The fraction of sp³-hybridized carbons (Fsp3) is 0.512. The lowest BCUT2D eigenvalue weighted by molar-refractivity contribution is 0.0488. The summed E-state index contributed by atoms with van der Waals surface area (Å²) in [7, 11) is 4.17. The molecule has 6 heteroatoms. The Morgan fingerprint density at radius 1 is 0.694 bits per heavy atom. The lowest BCUT2D eigenvalue weighted by Crippen LogP contribution is -2.30. The number of hydrogen-bond acceptors (Lipinski definition) is 6. The standard InChI is InChI=1S/C14H18O.C13H18O3.C11H14O.C5H13N/c1-14(10-6-3-7-11-14)13(15)12-8-4-2-5-9-12;1-4-9-16-11-7-5-10(6-8-11)12(14)13(2,3)15;1-11(2,3)10(12)9-7-5-4-6-8-9;1-4-5-6(2)3/h2,4-5,8-9H,3,6-7,10-11H2,1H3;5-8,15H,4,9H2,1-3H3;4-8H,1-3H3;4-5H2,1-3H3. The van der Waals surface area contributed by atoms with E-state index in [1.165, 1.54) is 46.1 Å². The molecule has 0 aliphatic heterocycles. The minimum absolute atomic E-state index is 0.0976. The zero-order chi connectivity index (χ0) is 37.1. The molecule has 270 valence electrons. The molecule has 1 N–H and O–H groups in total. The van der Waals surface area contributed by atoms with Crippen LogP contribution in [0.3, 0.4) is 0 Å². The van der Waals surface area contributed by atoms with Gasteiger partial charge in [0.1, 0.15) is 11.4 Å². The molecular weight excluding hydrogens is 610 g/mol. The molecule has 4 rings (SSSR count). The largest absolute Gasteiger partial charge is 0.494 e. The normalized spacial score (nSPS) is 13.7. The van der Waals surface area contributed by atoms with E-state index in [9.17, 15) is 19.5 Å². The van der Waals surface area contributed by atoms with Crippen molar-refractivity contribution in [2.24, 2.45) is 10.8 Å². The molecule has 0 radical (unpaired) electrons. The number of ether oxygens (including phenoxy) is 1. The second kappa shape index (κ2) is 21.5. The number of hydrogen-bond donors (Lipinski definition) is 1. The summed E-state index contributed by atoms with van der Waals surface area (Å²) in [6, 6.07) is 25.9. The highest BCUT2D eigenvalue weighted by Gasteiger charge is 2.34. The van der Waals surface area contributed by atoms with E-state index in [2.05, 4.69) is 32.8 Å². The Morgan fingerprint density at radius 2 is 1.16 bits per heavy atom. The van der Waals surface area contributed by atoms with Crippen LogP contribution in [0.5, 0.6) is 5.75 Å². The van der Waals surface area contributed by atoms with Crippen LogP contribution in [0.25, 0.3) is 0 Å². The van der Waals surface area contributed by atoms with Crippen molar-refractivity contribution in [1.82, 2.24) is 4.90 Å². The van der Waals surface area contributed by atoms with Crippen LogP contribution in [-0.4, -0.2) is 60.2 Å². The van der Waals surface area contributed by atoms with Crippen molar-refractivity contribution >= 4 is 17.3 Å². The summed E-state index contributed by atoms with van der Waals surface area (Å²) in [6.45, 7) is 17.0. The third-order valence-corrected chi connectivity index (χ3v) is 8.07. The van der Waals surface area contributed by atoms with E-state index in [1.807, 2.05) is 88.4 Å². The Hall–Kier alpha value is -3.61. The predicted molar refractivity (Wildman–Crippen MR) is 204 cm³/mol. The fourth-order valence-electron chi connectivity index (χ4n) is 5.24. The van der Waals surface area contributed by atoms with Crippen LogP contribution in [-0.2, 0) is 0 Å². The molecular formula is C43H63NO5. The van der Waals surface area contributed by atoms with Gasteiger partial charge in [0.05, 0.1) is 6.61 Å². The molecule has 3 aromatic carbocycles. The smallest absolute Gasteiger partial charge is 0.193 e. The molecule has 0 heterocycles. The molecule has 0 spiro atoms. The summed E-state index contributed by atoms with van der Waals surface area (Å²) >= 11 is 0. The summed E-state index contributed by atoms with van der Waals surface area (Å²) < 4.78 is 5.40. The average Bonchev–Trinajstić information content (AvgIpc) is 3.07. The number of carbonyl (C=O) groups is 3. The van der Waals surface area contributed by atoms with Gasteiger partial charge in [-0.15, -0.1) is 0 Å². The Kier molecular flexibility index (Phi) is 19.0. The highest BCUT2D eigenvalue weighted by molar-refractivity contribution is 6.02. The van der Waals surface area contributed by atoms with Crippen LogP contribution in [0.1, 0.15) is 131 Å². The van der Waals surface area contributed by atoms with Crippen molar-refractivity contribution in [3.63, 3.8) is 0 Å². The van der Waals surface area contributed by atoms with Crippen LogP contribution in [0.15, 0.2) is 84.9 Å². The van der Waals surface area contributed by atoms with Crippen LogP contribution < -0.4 is 4.74 Å². The number of benzene rings is 3. The molecule has 0 saturated heterocycles. The first kappa shape index (κ1) is 43.4. The lowest BCUT2D eigenvalue weighted by Gasteiger charge is -2.32. The Bertz CT molecular complexity index is 1360. The zero-order valence-corrected chi connectivity index (χ0v) is 32.0.